The molecule has 236 valence electrons. The number of Topliss-reactive ketones (excluding diaryl/α,β-unsaturated/α-hetero) is 1. The molecular formula is C27H32O16. The highest BCUT2D eigenvalue weighted by Crippen LogP contribution is 2.44. The quantitative estimate of drug-likeness (QED) is 0.102. The van der Waals surface area contributed by atoms with Crippen LogP contribution in [0.3, 0.4) is 0 Å². The summed E-state index contributed by atoms with van der Waals surface area (Å²) in [7, 11) is 0. The van der Waals surface area contributed by atoms with E-state index in [2.05, 4.69) is 0 Å². The molecule has 43 heavy (non-hydrogen) atoms. The van der Waals surface area contributed by atoms with E-state index in [-0.39, 0.29) is 5.75 Å². The number of ether oxygens (including phenoxy) is 2. The van der Waals surface area contributed by atoms with Crippen LogP contribution in [0.25, 0.3) is 6.08 Å². The van der Waals surface area contributed by atoms with Crippen molar-refractivity contribution in [2.24, 2.45) is 0 Å². The van der Waals surface area contributed by atoms with Gasteiger partial charge in [-0.2, -0.15) is 0 Å². The van der Waals surface area contributed by atoms with Crippen molar-refractivity contribution in [3.05, 3.63) is 58.6 Å². The minimum absolute atomic E-state index is 0.0966. The average molecular weight is 613 g/mol. The third kappa shape index (κ3) is 5.47. The molecule has 3 aliphatic rings. The molecule has 0 bridgehead atoms. The number of hydrogen-bond donors (Lipinski definition) is 12. The molecule has 11 atom stereocenters. The van der Waals surface area contributed by atoms with E-state index in [1.807, 2.05) is 0 Å². The minimum atomic E-state index is -3.49. The predicted molar refractivity (Wildman–Crippen MR) is 139 cm³/mol. The van der Waals surface area contributed by atoms with E-state index in [1.54, 1.807) is 0 Å². The van der Waals surface area contributed by atoms with Gasteiger partial charge in [-0.3, -0.25) is 9.59 Å². The predicted octanol–water partition coefficient (Wildman–Crippen LogP) is -4.40. The Morgan fingerprint density at radius 1 is 0.767 bits per heavy atom. The van der Waals surface area contributed by atoms with Crippen molar-refractivity contribution >= 4 is 17.6 Å². The third-order valence-electron chi connectivity index (χ3n) is 7.73. The molecule has 0 amide bonds. The van der Waals surface area contributed by atoms with Crippen LogP contribution in [0.5, 0.6) is 5.75 Å². The molecule has 3 unspecified atom stereocenters. The fourth-order valence-electron chi connectivity index (χ4n) is 5.25. The van der Waals surface area contributed by atoms with E-state index in [1.165, 1.54) is 24.3 Å². The van der Waals surface area contributed by atoms with Crippen LogP contribution in [0, 0.1) is 0 Å². The fourth-order valence-corrected chi connectivity index (χ4v) is 5.25. The van der Waals surface area contributed by atoms with Gasteiger partial charge in [-0.15, -0.1) is 0 Å². The maximum Gasteiger partial charge on any atom is 0.208 e. The number of aliphatic hydroxyl groups excluding tert-OH is 10. The summed E-state index contributed by atoms with van der Waals surface area (Å²) >= 11 is 0. The van der Waals surface area contributed by atoms with Crippen LogP contribution in [0.1, 0.15) is 5.56 Å². The second-order valence-corrected chi connectivity index (χ2v) is 10.4. The second-order valence-electron chi connectivity index (χ2n) is 10.4. The lowest BCUT2D eigenvalue weighted by Crippen LogP contribution is -2.67. The molecule has 0 saturated carbocycles. The summed E-state index contributed by atoms with van der Waals surface area (Å²) in [6.07, 6.45) is -18.7. The summed E-state index contributed by atoms with van der Waals surface area (Å²) in [6, 6.07) is 5.32. The van der Waals surface area contributed by atoms with Gasteiger partial charge in [-0.1, -0.05) is 18.2 Å². The summed E-state index contributed by atoms with van der Waals surface area (Å²) in [4.78, 5) is 27.0. The summed E-state index contributed by atoms with van der Waals surface area (Å²) < 4.78 is 10.7. The molecule has 2 heterocycles. The molecule has 0 spiro atoms. The monoisotopic (exact) mass is 612 g/mol. The number of hydrogen-bond acceptors (Lipinski definition) is 16. The van der Waals surface area contributed by atoms with Crippen molar-refractivity contribution < 1.29 is 80.3 Å². The average Bonchev–Trinajstić information content (AvgIpc) is 2.98. The number of ketones is 2. The molecule has 16 heteroatoms. The Bertz CT molecular complexity index is 1320. The Morgan fingerprint density at radius 2 is 1.30 bits per heavy atom. The molecule has 4 rings (SSSR count). The van der Waals surface area contributed by atoms with Crippen LogP contribution in [-0.2, 0) is 19.1 Å². The zero-order valence-electron chi connectivity index (χ0n) is 22.2. The standard InChI is InChI=1S/C27H32O16/c28-7-12-16(32)19(35)21(37)23(42-12)15-18(34)14(11(31)6-3-9-1-4-10(30)5-2-9)24(39)27(41,25(15)40)26-22(38)20(36)17(33)13(8-29)43-26/h1-6,12-13,16-17,19-23,26,28-30,32-33,35-41H,7-8H2/b6-3+/t12-,13-,16-,17-,19+,20+,21-,22-,23?,26?,27?/m1/s1. The molecule has 0 aromatic heterocycles. The second kappa shape index (κ2) is 12.4. The number of allylic oxidation sites excluding steroid dienone is 2. The van der Waals surface area contributed by atoms with Crippen LogP contribution >= 0.6 is 0 Å². The van der Waals surface area contributed by atoms with Gasteiger partial charge in [0.05, 0.1) is 18.8 Å². The fraction of sp³-hybridized carbons (Fsp3) is 0.481. The highest BCUT2D eigenvalue weighted by atomic mass is 16.6. The van der Waals surface area contributed by atoms with Gasteiger partial charge in [0.25, 0.3) is 0 Å². The van der Waals surface area contributed by atoms with Crippen LogP contribution in [0.2, 0.25) is 0 Å². The molecule has 0 radical (unpaired) electrons. The maximum atomic E-state index is 13.7. The van der Waals surface area contributed by atoms with Gasteiger partial charge >= 0.3 is 0 Å². The van der Waals surface area contributed by atoms with E-state index >= 15 is 0 Å². The molecular weight excluding hydrogens is 580 g/mol. The lowest BCUT2D eigenvalue weighted by Gasteiger charge is -2.48. The maximum absolute atomic E-state index is 13.7. The molecule has 1 aromatic rings. The summed E-state index contributed by atoms with van der Waals surface area (Å²) in [5.41, 5.74) is -5.58. The molecule has 16 nitrogen and oxygen atoms in total. The number of phenolic OH excluding ortho intramolecular Hbond substituents is 1. The van der Waals surface area contributed by atoms with Gasteiger partial charge in [-0.05, 0) is 23.8 Å². The number of rotatable bonds is 7. The van der Waals surface area contributed by atoms with Crippen molar-refractivity contribution in [3.8, 4) is 5.75 Å². The first-order chi connectivity index (χ1) is 20.2. The van der Waals surface area contributed by atoms with Crippen LogP contribution in [-0.4, -0.2) is 153 Å². The Hall–Kier alpha value is -3.26. The first-order valence-corrected chi connectivity index (χ1v) is 13.0. The third-order valence-corrected chi connectivity index (χ3v) is 7.73. The van der Waals surface area contributed by atoms with Crippen LogP contribution in [0.4, 0.5) is 0 Å². The Kier molecular flexibility index (Phi) is 9.41. The Labute approximate surface area is 242 Å². The topological polar surface area (TPSA) is 295 Å². The number of phenols is 1. The minimum Gasteiger partial charge on any atom is -0.508 e. The van der Waals surface area contributed by atoms with Gasteiger partial charge in [0.1, 0.15) is 83.9 Å². The molecule has 12 N–H and O–H groups in total. The van der Waals surface area contributed by atoms with E-state index < -0.39 is 114 Å². The summed E-state index contributed by atoms with van der Waals surface area (Å²) in [6.45, 7) is -1.98. The SMILES string of the molecule is O=C(/C=C/c1ccc(O)cc1)C1=C(O)C(O)(C2O[C@H](CO)[C@@H](O)[C@H](O)[C@H]2O)C(O)=C(C2O[C@H](CO)[C@@H](O)[C@H](O)[C@H]2O)C1=O. The van der Waals surface area contributed by atoms with E-state index in [0.29, 0.717) is 5.56 Å². The van der Waals surface area contributed by atoms with Crippen LogP contribution in [0.15, 0.2) is 53.0 Å². The number of aromatic hydroxyl groups is 1. The van der Waals surface area contributed by atoms with Crippen molar-refractivity contribution in [3.63, 3.8) is 0 Å². The molecule has 2 saturated heterocycles. The molecule has 2 fully saturated rings. The van der Waals surface area contributed by atoms with Crippen molar-refractivity contribution in [2.45, 2.75) is 66.6 Å². The lowest BCUT2D eigenvalue weighted by molar-refractivity contribution is -0.266. The largest absolute Gasteiger partial charge is 0.508 e. The van der Waals surface area contributed by atoms with Crippen molar-refractivity contribution in [1.82, 2.24) is 0 Å². The van der Waals surface area contributed by atoms with E-state index in [0.717, 1.165) is 12.2 Å². The lowest BCUT2D eigenvalue weighted by atomic mass is 9.72. The van der Waals surface area contributed by atoms with Gasteiger partial charge in [0.2, 0.25) is 11.4 Å². The highest BCUT2D eigenvalue weighted by Gasteiger charge is 2.62. The van der Waals surface area contributed by atoms with Gasteiger partial charge < -0.3 is 70.8 Å². The van der Waals surface area contributed by atoms with Gasteiger partial charge in [-0.25, -0.2) is 0 Å². The first kappa shape index (κ1) is 32.6. The number of benzene rings is 1. The smallest absolute Gasteiger partial charge is 0.208 e. The number of carbonyl (C=O) groups excluding carboxylic acids is 2. The Balaban J connectivity index is 1.89. The van der Waals surface area contributed by atoms with E-state index in [9.17, 15) is 70.9 Å². The van der Waals surface area contributed by atoms with E-state index in [4.69, 9.17) is 9.47 Å². The normalized spacial score (nSPS) is 39.0. The molecule has 1 aliphatic carbocycles. The molecule has 1 aromatic carbocycles. The zero-order chi connectivity index (χ0) is 32.0. The van der Waals surface area contributed by atoms with Crippen molar-refractivity contribution in [2.75, 3.05) is 13.2 Å². The van der Waals surface area contributed by atoms with Crippen molar-refractivity contribution in [1.29, 1.82) is 0 Å². The highest BCUT2D eigenvalue weighted by molar-refractivity contribution is 6.31. The summed E-state index contributed by atoms with van der Waals surface area (Å²) in [5, 5.41) is 125. The molecule has 2 aliphatic heterocycles. The van der Waals surface area contributed by atoms with Crippen LogP contribution < -0.4 is 0 Å². The first-order valence-electron chi connectivity index (χ1n) is 13.0. The van der Waals surface area contributed by atoms with Gasteiger partial charge in [0, 0.05) is 0 Å². The summed E-state index contributed by atoms with van der Waals surface area (Å²) in [5.74, 6) is -6.13. The number of aliphatic hydroxyl groups is 11. The Morgan fingerprint density at radius 3 is 1.86 bits per heavy atom. The number of carbonyl (C=O) groups is 2. The zero-order valence-corrected chi connectivity index (χ0v) is 22.2. The van der Waals surface area contributed by atoms with Gasteiger partial charge in [0.15, 0.2) is 5.78 Å².